The number of benzene rings is 1. The van der Waals surface area contributed by atoms with Crippen molar-refractivity contribution in [2.45, 2.75) is 19.3 Å². The van der Waals surface area contributed by atoms with Gasteiger partial charge in [-0.05, 0) is 43.3 Å². The first kappa shape index (κ1) is 13.5. The summed E-state index contributed by atoms with van der Waals surface area (Å²) in [7, 11) is 0. The summed E-state index contributed by atoms with van der Waals surface area (Å²) in [6.07, 6.45) is 3.59. The van der Waals surface area contributed by atoms with E-state index < -0.39 is 0 Å². The Hall–Kier alpha value is -1.46. The van der Waals surface area contributed by atoms with Crippen LogP contribution < -0.4 is 5.32 Å². The third kappa shape index (κ3) is 2.83. The number of rotatable bonds is 4. The number of hydrogen-bond acceptors (Lipinski definition) is 4. The fraction of sp³-hybridized carbons (Fsp3) is 0.600. The van der Waals surface area contributed by atoms with E-state index in [9.17, 15) is 10.1 Å². The van der Waals surface area contributed by atoms with Gasteiger partial charge >= 0.3 is 0 Å². The maximum absolute atomic E-state index is 10.6. The molecule has 20 heavy (non-hydrogen) atoms. The number of non-ortho nitro benzene ring substituents is 1. The maximum Gasteiger partial charge on any atom is 0.269 e. The molecule has 108 valence electrons. The van der Waals surface area contributed by atoms with Gasteiger partial charge in [0.25, 0.3) is 5.69 Å². The molecule has 1 atom stereocenters. The zero-order chi connectivity index (χ0) is 14.0. The first-order valence-electron chi connectivity index (χ1n) is 7.33. The van der Waals surface area contributed by atoms with Gasteiger partial charge in [-0.3, -0.25) is 10.1 Å². The van der Waals surface area contributed by atoms with Crippen LogP contribution in [-0.2, 0) is 6.42 Å². The van der Waals surface area contributed by atoms with Crippen LogP contribution >= 0.6 is 0 Å². The van der Waals surface area contributed by atoms with Gasteiger partial charge in [-0.1, -0.05) is 12.1 Å². The average molecular weight is 275 g/mol. The second-order valence-electron chi connectivity index (χ2n) is 6.13. The minimum atomic E-state index is -0.346. The van der Waals surface area contributed by atoms with E-state index in [1.807, 2.05) is 12.1 Å². The standard InChI is InChI=1S/C15H21N3O2/c19-18(20)14-3-1-13(2-4-14)5-9-17-10-7-15(12-17)6-8-16-11-15/h1-4,16H,5-12H2. The van der Waals surface area contributed by atoms with Gasteiger partial charge in [0.15, 0.2) is 0 Å². The summed E-state index contributed by atoms with van der Waals surface area (Å²) >= 11 is 0. The average Bonchev–Trinajstić information content (AvgIpc) is 3.08. The summed E-state index contributed by atoms with van der Waals surface area (Å²) in [6.45, 7) is 5.78. The van der Waals surface area contributed by atoms with Gasteiger partial charge in [-0.2, -0.15) is 0 Å². The van der Waals surface area contributed by atoms with Crippen LogP contribution in [0.3, 0.4) is 0 Å². The number of likely N-dealkylation sites (tertiary alicyclic amines) is 1. The molecule has 0 aliphatic carbocycles. The fourth-order valence-corrected chi connectivity index (χ4v) is 3.43. The topological polar surface area (TPSA) is 58.4 Å². The SMILES string of the molecule is O=[N+]([O-])c1ccc(CCN2CCC3(CCNC3)C2)cc1. The van der Waals surface area contributed by atoms with Gasteiger partial charge in [-0.15, -0.1) is 0 Å². The molecule has 1 N–H and O–H groups in total. The molecule has 2 aliphatic rings. The Morgan fingerprint density at radius 3 is 2.75 bits per heavy atom. The molecule has 1 aromatic carbocycles. The van der Waals surface area contributed by atoms with Crippen molar-refractivity contribution in [3.8, 4) is 0 Å². The summed E-state index contributed by atoms with van der Waals surface area (Å²) in [4.78, 5) is 12.8. The van der Waals surface area contributed by atoms with Crippen molar-refractivity contribution < 1.29 is 4.92 Å². The highest BCUT2D eigenvalue weighted by Gasteiger charge is 2.39. The Labute approximate surface area is 119 Å². The van der Waals surface area contributed by atoms with E-state index in [1.54, 1.807) is 12.1 Å². The lowest BCUT2D eigenvalue weighted by molar-refractivity contribution is -0.384. The van der Waals surface area contributed by atoms with Crippen LogP contribution in [0.15, 0.2) is 24.3 Å². The van der Waals surface area contributed by atoms with Gasteiger partial charge in [-0.25, -0.2) is 0 Å². The quantitative estimate of drug-likeness (QED) is 0.672. The van der Waals surface area contributed by atoms with Gasteiger partial charge in [0.2, 0.25) is 0 Å². The molecule has 1 aromatic rings. The summed E-state index contributed by atoms with van der Waals surface area (Å²) < 4.78 is 0. The number of nitro benzene ring substituents is 1. The smallest absolute Gasteiger partial charge is 0.269 e. The Kier molecular flexibility index (Phi) is 3.72. The van der Waals surface area contributed by atoms with E-state index in [2.05, 4.69) is 10.2 Å². The Balaban J connectivity index is 1.51. The second-order valence-corrected chi connectivity index (χ2v) is 6.13. The van der Waals surface area contributed by atoms with Crippen LogP contribution in [0.5, 0.6) is 0 Å². The molecule has 2 saturated heterocycles. The molecule has 0 radical (unpaired) electrons. The van der Waals surface area contributed by atoms with E-state index in [1.165, 1.54) is 38.0 Å². The van der Waals surface area contributed by atoms with E-state index in [4.69, 9.17) is 0 Å². The highest BCUT2D eigenvalue weighted by Crippen LogP contribution is 2.35. The van der Waals surface area contributed by atoms with Gasteiger partial charge < -0.3 is 10.2 Å². The second kappa shape index (κ2) is 5.50. The lowest BCUT2D eigenvalue weighted by Crippen LogP contribution is -2.30. The van der Waals surface area contributed by atoms with E-state index in [-0.39, 0.29) is 10.6 Å². The van der Waals surface area contributed by atoms with Gasteiger partial charge in [0.05, 0.1) is 4.92 Å². The number of hydrogen-bond donors (Lipinski definition) is 1. The molecular formula is C15H21N3O2. The molecule has 2 aliphatic heterocycles. The number of nitrogens with one attached hydrogen (secondary N) is 1. The minimum absolute atomic E-state index is 0.172. The van der Waals surface area contributed by atoms with E-state index >= 15 is 0 Å². The summed E-state index contributed by atoms with van der Waals surface area (Å²) in [5.74, 6) is 0. The van der Waals surface area contributed by atoms with Crippen molar-refractivity contribution >= 4 is 5.69 Å². The summed E-state index contributed by atoms with van der Waals surface area (Å²) in [5, 5.41) is 14.1. The van der Waals surface area contributed by atoms with Gasteiger partial charge in [0.1, 0.15) is 0 Å². The predicted molar refractivity (Wildman–Crippen MR) is 77.8 cm³/mol. The van der Waals surface area contributed by atoms with Crippen LogP contribution in [0.1, 0.15) is 18.4 Å². The van der Waals surface area contributed by atoms with Crippen LogP contribution in [0.25, 0.3) is 0 Å². The Bertz CT molecular complexity index is 480. The lowest BCUT2D eigenvalue weighted by atomic mass is 9.87. The lowest BCUT2D eigenvalue weighted by Gasteiger charge is -2.22. The van der Waals surface area contributed by atoms with Crippen LogP contribution in [0.2, 0.25) is 0 Å². The van der Waals surface area contributed by atoms with Crippen molar-refractivity contribution in [2.75, 3.05) is 32.7 Å². The van der Waals surface area contributed by atoms with E-state index in [0.717, 1.165) is 19.5 Å². The van der Waals surface area contributed by atoms with Crippen LogP contribution in [0, 0.1) is 15.5 Å². The molecule has 0 aromatic heterocycles. The molecular weight excluding hydrogens is 254 g/mol. The Morgan fingerprint density at radius 1 is 1.30 bits per heavy atom. The molecule has 5 nitrogen and oxygen atoms in total. The number of nitrogens with zero attached hydrogens (tertiary/aromatic N) is 2. The highest BCUT2D eigenvalue weighted by atomic mass is 16.6. The first-order valence-corrected chi connectivity index (χ1v) is 7.33. The molecule has 2 heterocycles. The molecule has 5 heteroatoms. The molecule has 2 fully saturated rings. The molecule has 1 unspecified atom stereocenters. The van der Waals surface area contributed by atoms with Crippen LogP contribution in [-0.4, -0.2) is 42.5 Å². The fourth-order valence-electron chi connectivity index (χ4n) is 3.43. The van der Waals surface area contributed by atoms with Crippen molar-refractivity contribution in [3.63, 3.8) is 0 Å². The molecule has 0 amide bonds. The third-order valence-electron chi connectivity index (χ3n) is 4.71. The number of nitro groups is 1. The maximum atomic E-state index is 10.6. The van der Waals surface area contributed by atoms with Gasteiger partial charge in [0, 0.05) is 31.8 Å². The minimum Gasteiger partial charge on any atom is -0.316 e. The largest absolute Gasteiger partial charge is 0.316 e. The normalized spacial score (nSPS) is 26.4. The zero-order valence-electron chi connectivity index (χ0n) is 11.7. The Morgan fingerprint density at radius 2 is 2.10 bits per heavy atom. The third-order valence-corrected chi connectivity index (χ3v) is 4.71. The summed E-state index contributed by atoms with van der Waals surface area (Å²) in [6, 6.07) is 6.95. The first-order chi connectivity index (χ1) is 9.67. The van der Waals surface area contributed by atoms with Crippen molar-refractivity contribution in [2.24, 2.45) is 5.41 Å². The highest BCUT2D eigenvalue weighted by molar-refractivity contribution is 5.32. The monoisotopic (exact) mass is 275 g/mol. The molecule has 0 saturated carbocycles. The zero-order valence-corrected chi connectivity index (χ0v) is 11.7. The summed E-state index contributed by atoms with van der Waals surface area (Å²) in [5.41, 5.74) is 1.88. The molecule has 1 spiro atoms. The van der Waals surface area contributed by atoms with E-state index in [0.29, 0.717) is 5.41 Å². The van der Waals surface area contributed by atoms with Crippen molar-refractivity contribution in [1.29, 1.82) is 0 Å². The van der Waals surface area contributed by atoms with Crippen molar-refractivity contribution in [3.05, 3.63) is 39.9 Å². The molecule has 3 rings (SSSR count). The van der Waals surface area contributed by atoms with Crippen LogP contribution in [0.4, 0.5) is 5.69 Å². The molecule has 0 bridgehead atoms. The van der Waals surface area contributed by atoms with Crippen molar-refractivity contribution in [1.82, 2.24) is 10.2 Å². The predicted octanol–water partition coefficient (Wildman–Crippen LogP) is 1.82.